The van der Waals surface area contributed by atoms with E-state index in [0.717, 1.165) is 38.4 Å². The van der Waals surface area contributed by atoms with E-state index in [4.69, 9.17) is 5.73 Å². The Morgan fingerprint density at radius 2 is 2.33 bits per heavy atom. The monoisotopic (exact) mass is 246 g/mol. The molecule has 0 aromatic heterocycles. The summed E-state index contributed by atoms with van der Waals surface area (Å²) in [6, 6.07) is 8.55. The molecule has 0 atom stereocenters. The molecule has 0 saturated heterocycles. The number of para-hydroxylation sites is 1. The lowest BCUT2D eigenvalue weighted by atomic mass is 10.1. The molecule has 1 aromatic carbocycles. The first-order chi connectivity index (χ1) is 8.85. The number of likely N-dealkylation sites (N-methyl/N-ethyl adjacent to an activating group) is 1. The van der Waals surface area contributed by atoms with Crippen LogP contribution in [0, 0.1) is 0 Å². The van der Waals surface area contributed by atoms with E-state index >= 15 is 0 Å². The molecule has 1 aromatic rings. The van der Waals surface area contributed by atoms with Gasteiger partial charge < -0.3 is 21.3 Å². The fraction of sp³-hybridized carbons (Fsp3) is 0.429. The number of hydrogen-bond acceptors (Lipinski definition) is 4. The molecule has 4 nitrogen and oxygen atoms in total. The highest BCUT2D eigenvalue weighted by Gasteiger charge is 2.15. The van der Waals surface area contributed by atoms with Gasteiger partial charge >= 0.3 is 0 Å². The molecule has 0 spiro atoms. The molecular formula is C14H22N4. The lowest BCUT2D eigenvalue weighted by Crippen LogP contribution is -2.34. The second-order valence-corrected chi connectivity index (χ2v) is 4.45. The quantitative estimate of drug-likeness (QED) is 0.742. The van der Waals surface area contributed by atoms with Crippen molar-refractivity contribution < 1.29 is 0 Å². The van der Waals surface area contributed by atoms with Gasteiger partial charge in [0.2, 0.25) is 0 Å². The number of fused-ring (bicyclic) bond motifs is 1. The molecule has 0 amide bonds. The standard InChI is InChI=1S/C14H22N4/c1-2-17-13(9-15)11-18-8-7-16-10-12-5-3-4-6-14(12)18/h3-6,9,16-17H,2,7-8,10-11,15H2,1H3/b13-9-. The molecule has 98 valence electrons. The van der Waals surface area contributed by atoms with E-state index in [1.165, 1.54) is 11.3 Å². The van der Waals surface area contributed by atoms with Crippen LogP contribution in [0.3, 0.4) is 0 Å². The van der Waals surface area contributed by atoms with Crippen LogP contribution in [-0.4, -0.2) is 26.2 Å². The minimum absolute atomic E-state index is 0.836. The number of benzene rings is 1. The molecule has 2 rings (SSSR count). The van der Waals surface area contributed by atoms with Gasteiger partial charge in [0.25, 0.3) is 0 Å². The second kappa shape index (κ2) is 6.31. The van der Waals surface area contributed by atoms with E-state index in [9.17, 15) is 0 Å². The fourth-order valence-electron chi connectivity index (χ4n) is 2.29. The van der Waals surface area contributed by atoms with Gasteiger partial charge in [-0.15, -0.1) is 0 Å². The van der Waals surface area contributed by atoms with Gasteiger partial charge in [-0.2, -0.15) is 0 Å². The summed E-state index contributed by atoms with van der Waals surface area (Å²) in [5, 5.41) is 6.75. The van der Waals surface area contributed by atoms with Gasteiger partial charge in [0.15, 0.2) is 0 Å². The maximum absolute atomic E-state index is 5.67. The average Bonchev–Trinajstić information content (AvgIpc) is 2.61. The number of nitrogens with two attached hydrogens (primary N) is 1. The number of anilines is 1. The van der Waals surface area contributed by atoms with Crippen molar-refractivity contribution >= 4 is 5.69 Å². The fourth-order valence-corrected chi connectivity index (χ4v) is 2.29. The Kier molecular flexibility index (Phi) is 4.47. The highest BCUT2D eigenvalue weighted by Crippen LogP contribution is 2.22. The van der Waals surface area contributed by atoms with Gasteiger partial charge in [0.1, 0.15) is 0 Å². The van der Waals surface area contributed by atoms with Crippen molar-refractivity contribution in [3.8, 4) is 0 Å². The summed E-state index contributed by atoms with van der Waals surface area (Å²) in [5.74, 6) is 0. The third-order valence-corrected chi connectivity index (χ3v) is 3.17. The Morgan fingerprint density at radius 1 is 1.50 bits per heavy atom. The van der Waals surface area contributed by atoms with Crippen LogP contribution in [0.1, 0.15) is 12.5 Å². The molecule has 0 aliphatic carbocycles. The van der Waals surface area contributed by atoms with Crippen LogP contribution in [0.5, 0.6) is 0 Å². The highest BCUT2D eigenvalue weighted by molar-refractivity contribution is 5.55. The van der Waals surface area contributed by atoms with Crippen LogP contribution in [0.4, 0.5) is 5.69 Å². The molecule has 1 heterocycles. The Hall–Kier alpha value is -1.68. The zero-order valence-electron chi connectivity index (χ0n) is 10.9. The molecule has 0 bridgehead atoms. The first-order valence-corrected chi connectivity index (χ1v) is 6.53. The zero-order chi connectivity index (χ0) is 12.8. The summed E-state index contributed by atoms with van der Waals surface area (Å²) in [6.45, 7) is 6.76. The minimum Gasteiger partial charge on any atom is -0.403 e. The molecule has 0 saturated carbocycles. The molecule has 0 fully saturated rings. The number of hydrogen-bond donors (Lipinski definition) is 3. The van der Waals surface area contributed by atoms with Crippen molar-refractivity contribution in [1.29, 1.82) is 0 Å². The molecule has 4 heteroatoms. The van der Waals surface area contributed by atoms with E-state index in [1.807, 2.05) is 0 Å². The second-order valence-electron chi connectivity index (χ2n) is 4.45. The van der Waals surface area contributed by atoms with Crippen molar-refractivity contribution in [2.24, 2.45) is 5.73 Å². The highest BCUT2D eigenvalue weighted by atomic mass is 15.2. The molecule has 4 N–H and O–H groups in total. The van der Waals surface area contributed by atoms with Crippen molar-refractivity contribution in [1.82, 2.24) is 10.6 Å². The van der Waals surface area contributed by atoms with Crippen LogP contribution in [0.25, 0.3) is 0 Å². The smallest absolute Gasteiger partial charge is 0.0591 e. The molecule has 0 unspecified atom stereocenters. The van der Waals surface area contributed by atoms with Gasteiger partial charge in [0, 0.05) is 43.8 Å². The Bertz CT molecular complexity index is 414. The summed E-state index contributed by atoms with van der Waals surface area (Å²) in [4.78, 5) is 2.37. The first-order valence-electron chi connectivity index (χ1n) is 6.53. The SMILES string of the molecule is CCN/C(=C\N)CN1CCNCc2ccccc21. The van der Waals surface area contributed by atoms with Crippen LogP contribution in [0.2, 0.25) is 0 Å². The average molecular weight is 246 g/mol. The third kappa shape index (κ3) is 2.96. The minimum atomic E-state index is 0.836. The van der Waals surface area contributed by atoms with Gasteiger partial charge in [-0.1, -0.05) is 18.2 Å². The maximum atomic E-state index is 5.67. The van der Waals surface area contributed by atoms with Gasteiger partial charge in [-0.25, -0.2) is 0 Å². The lowest BCUT2D eigenvalue weighted by Gasteiger charge is -2.26. The van der Waals surface area contributed by atoms with E-state index in [-0.39, 0.29) is 0 Å². The Morgan fingerprint density at radius 3 is 3.11 bits per heavy atom. The summed E-state index contributed by atoms with van der Waals surface area (Å²) in [7, 11) is 0. The molecule has 1 aliphatic rings. The van der Waals surface area contributed by atoms with Crippen LogP contribution >= 0.6 is 0 Å². The molecule has 0 radical (unpaired) electrons. The van der Waals surface area contributed by atoms with Crippen LogP contribution in [-0.2, 0) is 6.54 Å². The number of nitrogens with zero attached hydrogens (tertiary/aromatic N) is 1. The maximum Gasteiger partial charge on any atom is 0.0591 e. The van der Waals surface area contributed by atoms with Gasteiger partial charge in [-0.3, -0.25) is 0 Å². The number of rotatable bonds is 4. The van der Waals surface area contributed by atoms with Crippen LogP contribution in [0.15, 0.2) is 36.2 Å². The van der Waals surface area contributed by atoms with Crippen molar-refractivity contribution in [2.45, 2.75) is 13.5 Å². The number of nitrogens with one attached hydrogen (secondary N) is 2. The molecule has 18 heavy (non-hydrogen) atoms. The first kappa shape index (κ1) is 12.8. The summed E-state index contributed by atoms with van der Waals surface area (Å²) in [5.41, 5.74) is 9.40. The van der Waals surface area contributed by atoms with Gasteiger partial charge in [-0.05, 0) is 18.6 Å². The Labute approximate surface area is 109 Å². The van der Waals surface area contributed by atoms with Crippen molar-refractivity contribution in [2.75, 3.05) is 31.1 Å². The van der Waals surface area contributed by atoms with E-state index in [2.05, 4.69) is 46.7 Å². The summed E-state index contributed by atoms with van der Waals surface area (Å²) >= 11 is 0. The summed E-state index contributed by atoms with van der Waals surface area (Å²) < 4.78 is 0. The Balaban J connectivity index is 2.17. The third-order valence-electron chi connectivity index (χ3n) is 3.17. The van der Waals surface area contributed by atoms with E-state index in [0.29, 0.717) is 0 Å². The van der Waals surface area contributed by atoms with E-state index in [1.54, 1.807) is 6.20 Å². The predicted molar refractivity (Wildman–Crippen MR) is 76.3 cm³/mol. The summed E-state index contributed by atoms with van der Waals surface area (Å²) in [6.07, 6.45) is 1.67. The largest absolute Gasteiger partial charge is 0.403 e. The normalized spacial score (nSPS) is 16.1. The lowest BCUT2D eigenvalue weighted by molar-refractivity contribution is 0.688. The van der Waals surface area contributed by atoms with Gasteiger partial charge in [0.05, 0.1) is 6.54 Å². The molecular weight excluding hydrogens is 224 g/mol. The molecule has 1 aliphatic heterocycles. The predicted octanol–water partition coefficient (Wildman–Crippen LogP) is 1.01. The topological polar surface area (TPSA) is 53.3 Å². The van der Waals surface area contributed by atoms with Crippen molar-refractivity contribution in [3.05, 3.63) is 41.7 Å². The van der Waals surface area contributed by atoms with Crippen LogP contribution < -0.4 is 21.3 Å². The van der Waals surface area contributed by atoms with E-state index < -0.39 is 0 Å². The zero-order valence-corrected chi connectivity index (χ0v) is 10.9. The van der Waals surface area contributed by atoms with Crippen molar-refractivity contribution in [3.63, 3.8) is 0 Å².